The van der Waals surface area contributed by atoms with E-state index in [1.807, 2.05) is 43.3 Å². The molecule has 2 rings (SSSR count). The number of benzene rings is 1. The normalized spacial score (nSPS) is 12.1. The molecule has 3 nitrogen and oxygen atoms in total. The van der Waals surface area contributed by atoms with Crippen LogP contribution in [0.4, 0.5) is 5.69 Å². The molecule has 2 aromatic rings. The minimum absolute atomic E-state index is 0.120. The van der Waals surface area contributed by atoms with Crippen molar-refractivity contribution in [1.82, 2.24) is 0 Å². The molecule has 1 unspecified atom stereocenters. The highest BCUT2D eigenvalue weighted by Crippen LogP contribution is 2.21. The van der Waals surface area contributed by atoms with Crippen LogP contribution in [-0.2, 0) is 0 Å². The van der Waals surface area contributed by atoms with Crippen molar-refractivity contribution in [3.05, 3.63) is 53.5 Å². The first kappa shape index (κ1) is 12.6. The number of nitrogens with one attached hydrogen (secondary N) is 1. The van der Waals surface area contributed by atoms with Crippen molar-refractivity contribution in [2.45, 2.75) is 19.9 Å². The standard InChI is InChI=1S/C14H16N2OS/c1-9-3-8-13(17-9)10(2)16-12-6-4-11(5-7-12)14(15)18/h3-8,10,16H,1-2H3,(H2,15,18). The van der Waals surface area contributed by atoms with Crippen LogP contribution < -0.4 is 11.1 Å². The van der Waals surface area contributed by atoms with E-state index in [4.69, 9.17) is 22.4 Å². The first-order valence-electron chi connectivity index (χ1n) is 5.79. The van der Waals surface area contributed by atoms with Gasteiger partial charge in [-0.2, -0.15) is 0 Å². The highest BCUT2D eigenvalue weighted by atomic mass is 32.1. The van der Waals surface area contributed by atoms with Crippen molar-refractivity contribution < 1.29 is 4.42 Å². The van der Waals surface area contributed by atoms with Crippen molar-refractivity contribution in [2.24, 2.45) is 5.73 Å². The Morgan fingerprint density at radius 3 is 2.39 bits per heavy atom. The third kappa shape index (κ3) is 2.90. The van der Waals surface area contributed by atoms with Crippen LogP contribution in [0.3, 0.4) is 0 Å². The highest BCUT2D eigenvalue weighted by Gasteiger charge is 2.09. The molecule has 0 amide bonds. The van der Waals surface area contributed by atoms with Crippen LogP contribution in [0.15, 0.2) is 40.8 Å². The van der Waals surface area contributed by atoms with Crippen LogP contribution in [0.25, 0.3) is 0 Å². The Labute approximate surface area is 112 Å². The molecule has 18 heavy (non-hydrogen) atoms. The number of furan rings is 1. The van der Waals surface area contributed by atoms with E-state index in [-0.39, 0.29) is 6.04 Å². The van der Waals surface area contributed by atoms with E-state index in [0.717, 1.165) is 22.8 Å². The van der Waals surface area contributed by atoms with Crippen molar-refractivity contribution in [3.63, 3.8) is 0 Å². The van der Waals surface area contributed by atoms with Gasteiger partial charge in [-0.05, 0) is 50.2 Å². The zero-order valence-corrected chi connectivity index (χ0v) is 11.3. The van der Waals surface area contributed by atoms with E-state index < -0.39 is 0 Å². The zero-order chi connectivity index (χ0) is 13.1. The van der Waals surface area contributed by atoms with Crippen molar-refractivity contribution in [1.29, 1.82) is 0 Å². The second-order valence-corrected chi connectivity index (χ2v) is 4.70. The summed E-state index contributed by atoms with van der Waals surface area (Å²) in [5.41, 5.74) is 7.44. The van der Waals surface area contributed by atoms with Gasteiger partial charge in [-0.25, -0.2) is 0 Å². The summed E-state index contributed by atoms with van der Waals surface area (Å²) in [6.45, 7) is 3.99. The third-order valence-electron chi connectivity index (χ3n) is 2.74. The first-order valence-corrected chi connectivity index (χ1v) is 6.20. The second-order valence-electron chi connectivity index (χ2n) is 4.26. The number of thiocarbonyl (C=S) groups is 1. The van der Waals surface area contributed by atoms with Crippen molar-refractivity contribution in [3.8, 4) is 0 Å². The minimum Gasteiger partial charge on any atom is -0.464 e. The van der Waals surface area contributed by atoms with Gasteiger partial charge in [-0.15, -0.1) is 0 Å². The zero-order valence-electron chi connectivity index (χ0n) is 10.4. The average molecular weight is 260 g/mol. The number of aryl methyl sites for hydroxylation is 1. The van der Waals surface area contributed by atoms with Crippen LogP contribution >= 0.6 is 12.2 Å². The summed E-state index contributed by atoms with van der Waals surface area (Å²) in [5, 5.41) is 3.36. The van der Waals surface area contributed by atoms with E-state index in [1.165, 1.54) is 0 Å². The fraction of sp³-hybridized carbons (Fsp3) is 0.214. The van der Waals surface area contributed by atoms with Crippen LogP contribution in [-0.4, -0.2) is 4.99 Å². The second kappa shape index (κ2) is 5.23. The molecule has 0 saturated heterocycles. The van der Waals surface area contributed by atoms with E-state index in [9.17, 15) is 0 Å². The molecule has 0 radical (unpaired) electrons. The summed E-state index contributed by atoms with van der Waals surface area (Å²) in [4.78, 5) is 0.413. The van der Waals surface area contributed by atoms with E-state index in [1.54, 1.807) is 0 Å². The van der Waals surface area contributed by atoms with Gasteiger partial charge in [-0.1, -0.05) is 12.2 Å². The van der Waals surface area contributed by atoms with Crippen molar-refractivity contribution in [2.75, 3.05) is 5.32 Å². The van der Waals surface area contributed by atoms with Gasteiger partial charge in [0.15, 0.2) is 0 Å². The quantitative estimate of drug-likeness (QED) is 0.827. The molecule has 1 aromatic heterocycles. The number of hydrogen-bond donors (Lipinski definition) is 2. The first-order chi connectivity index (χ1) is 8.56. The van der Waals surface area contributed by atoms with Crippen LogP contribution in [0, 0.1) is 6.92 Å². The smallest absolute Gasteiger partial charge is 0.126 e. The molecule has 0 aliphatic heterocycles. The number of hydrogen-bond acceptors (Lipinski definition) is 3. The molecule has 0 saturated carbocycles. The summed E-state index contributed by atoms with van der Waals surface area (Å²) in [6.07, 6.45) is 0. The molecule has 4 heteroatoms. The van der Waals surface area contributed by atoms with E-state index >= 15 is 0 Å². The molecule has 3 N–H and O–H groups in total. The maximum atomic E-state index is 5.58. The Hall–Kier alpha value is -1.81. The molecule has 1 aromatic carbocycles. The summed E-state index contributed by atoms with van der Waals surface area (Å²) in [7, 11) is 0. The van der Waals surface area contributed by atoms with Gasteiger partial charge in [-0.3, -0.25) is 0 Å². The SMILES string of the molecule is Cc1ccc(C(C)Nc2ccc(C(N)=S)cc2)o1. The molecular formula is C14H16N2OS. The van der Waals surface area contributed by atoms with Gasteiger partial charge < -0.3 is 15.5 Å². The molecule has 0 spiro atoms. The van der Waals surface area contributed by atoms with E-state index in [2.05, 4.69) is 12.2 Å². The Balaban J connectivity index is 2.07. The topological polar surface area (TPSA) is 51.2 Å². The largest absolute Gasteiger partial charge is 0.464 e. The lowest BCUT2D eigenvalue weighted by Gasteiger charge is -2.13. The third-order valence-corrected chi connectivity index (χ3v) is 2.98. The predicted molar refractivity (Wildman–Crippen MR) is 77.8 cm³/mol. The van der Waals surface area contributed by atoms with E-state index in [0.29, 0.717) is 4.99 Å². The lowest BCUT2D eigenvalue weighted by molar-refractivity contribution is 0.467. The van der Waals surface area contributed by atoms with Gasteiger partial charge in [0.25, 0.3) is 0 Å². The summed E-state index contributed by atoms with van der Waals surface area (Å²) >= 11 is 4.91. The summed E-state index contributed by atoms with van der Waals surface area (Å²) in [6, 6.07) is 11.8. The van der Waals surface area contributed by atoms with Gasteiger partial charge >= 0.3 is 0 Å². The highest BCUT2D eigenvalue weighted by molar-refractivity contribution is 7.80. The van der Waals surface area contributed by atoms with Gasteiger partial charge in [0, 0.05) is 11.3 Å². The van der Waals surface area contributed by atoms with Crippen LogP contribution in [0.2, 0.25) is 0 Å². The molecule has 0 fully saturated rings. The maximum absolute atomic E-state index is 5.58. The fourth-order valence-electron chi connectivity index (χ4n) is 1.74. The number of nitrogens with two attached hydrogens (primary N) is 1. The molecule has 1 atom stereocenters. The number of anilines is 1. The molecule has 1 heterocycles. The summed E-state index contributed by atoms with van der Waals surface area (Å²) < 4.78 is 5.58. The van der Waals surface area contributed by atoms with Crippen molar-refractivity contribution >= 4 is 22.9 Å². The fourth-order valence-corrected chi connectivity index (χ4v) is 1.87. The van der Waals surface area contributed by atoms with Gasteiger partial charge in [0.05, 0.1) is 6.04 Å². The Morgan fingerprint density at radius 2 is 1.89 bits per heavy atom. The summed E-state index contributed by atoms with van der Waals surface area (Å²) in [5.74, 6) is 1.84. The molecule has 0 bridgehead atoms. The Kier molecular flexibility index (Phi) is 3.67. The monoisotopic (exact) mass is 260 g/mol. The van der Waals surface area contributed by atoms with Crippen LogP contribution in [0.5, 0.6) is 0 Å². The Morgan fingerprint density at radius 1 is 1.22 bits per heavy atom. The maximum Gasteiger partial charge on any atom is 0.126 e. The van der Waals surface area contributed by atoms with Crippen LogP contribution in [0.1, 0.15) is 30.0 Å². The van der Waals surface area contributed by atoms with Gasteiger partial charge in [0.2, 0.25) is 0 Å². The number of rotatable bonds is 4. The Bertz CT molecular complexity index is 545. The minimum atomic E-state index is 0.120. The predicted octanol–water partition coefficient (Wildman–Crippen LogP) is 3.40. The van der Waals surface area contributed by atoms with Gasteiger partial charge in [0.1, 0.15) is 16.5 Å². The lowest BCUT2D eigenvalue weighted by atomic mass is 10.2. The molecular weight excluding hydrogens is 244 g/mol. The molecule has 0 aliphatic rings. The average Bonchev–Trinajstić information content (AvgIpc) is 2.76. The molecule has 94 valence electrons. The molecule has 0 aliphatic carbocycles. The lowest BCUT2D eigenvalue weighted by Crippen LogP contribution is -2.10.